The van der Waals surface area contributed by atoms with Gasteiger partial charge in [0.2, 0.25) is 0 Å². The zero-order valence-electron chi connectivity index (χ0n) is 16.6. The van der Waals surface area contributed by atoms with Crippen molar-refractivity contribution in [1.29, 1.82) is 0 Å². The van der Waals surface area contributed by atoms with Gasteiger partial charge >= 0.3 is 6.18 Å². The van der Waals surface area contributed by atoms with E-state index in [4.69, 9.17) is 0 Å². The van der Waals surface area contributed by atoms with Crippen LogP contribution in [0.3, 0.4) is 0 Å². The van der Waals surface area contributed by atoms with Crippen molar-refractivity contribution < 1.29 is 18.0 Å². The van der Waals surface area contributed by atoms with Gasteiger partial charge in [0.1, 0.15) is 6.04 Å². The minimum atomic E-state index is -4.48. The topological polar surface area (TPSA) is 59.3 Å². The number of nitrogens with one attached hydrogen (secondary N) is 1. The van der Waals surface area contributed by atoms with Crippen molar-refractivity contribution in [2.45, 2.75) is 32.0 Å². The molecule has 4 aromatic rings. The van der Waals surface area contributed by atoms with Gasteiger partial charge in [0.25, 0.3) is 5.91 Å². The highest BCUT2D eigenvalue weighted by molar-refractivity contribution is 7.12. The van der Waals surface area contributed by atoms with Crippen LogP contribution in [0.15, 0.2) is 60.4 Å². The number of aromatic nitrogens is 3. The standard InChI is InChI=1S/C22H19F3N4OS/c1-2-19(22(23,24)25)28-21(30)18-9-16(13-31-18)17-11-27-29-12-15(10-26-20(17)29)8-14-6-4-3-5-7-14/h3-7,9-13,19H,2,8H2,1H3,(H,28,30)/t19-/m0/s1. The van der Waals surface area contributed by atoms with Gasteiger partial charge in [-0.2, -0.15) is 18.3 Å². The first-order valence-electron chi connectivity index (χ1n) is 9.68. The Morgan fingerprint density at radius 1 is 1.19 bits per heavy atom. The van der Waals surface area contributed by atoms with Crippen LogP contribution in [-0.2, 0) is 6.42 Å². The van der Waals surface area contributed by atoms with E-state index in [2.05, 4.69) is 15.4 Å². The molecule has 0 spiro atoms. The Bertz CT molecular complexity index is 1200. The van der Waals surface area contributed by atoms with Crippen LogP contribution in [0.1, 0.15) is 34.1 Å². The maximum atomic E-state index is 12.9. The highest BCUT2D eigenvalue weighted by Gasteiger charge is 2.39. The van der Waals surface area contributed by atoms with Gasteiger partial charge in [-0.25, -0.2) is 9.50 Å². The van der Waals surface area contributed by atoms with Crippen LogP contribution in [0.25, 0.3) is 16.8 Å². The van der Waals surface area contributed by atoms with Crippen molar-refractivity contribution in [2.75, 3.05) is 0 Å². The fourth-order valence-electron chi connectivity index (χ4n) is 3.28. The lowest BCUT2D eigenvalue weighted by molar-refractivity contribution is -0.153. The second-order valence-corrected chi connectivity index (χ2v) is 8.04. The molecule has 0 unspecified atom stereocenters. The molecule has 1 aromatic carbocycles. The highest BCUT2D eigenvalue weighted by atomic mass is 32.1. The second kappa shape index (κ2) is 8.50. The fourth-order valence-corrected chi connectivity index (χ4v) is 4.09. The average molecular weight is 444 g/mol. The first-order valence-corrected chi connectivity index (χ1v) is 10.6. The Morgan fingerprint density at radius 3 is 2.68 bits per heavy atom. The molecule has 0 bridgehead atoms. The molecule has 3 heterocycles. The van der Waals surface area contributed by atoms with E-state index >= 15 is 0 Å². The first kappa shape index (κ1) is 21.0. The summed E-state index contributed by atoms with van der Waals surface area (Å²) in [5.74, 6) is -0.741. The molecule has 1 atom stereocenters. The van der Waals surface area contributed by atoms with Gasteiger partial charge in [-0.1, -0.05) is 37.3 Å². The Hall–Kier alpha value is -3.20. The number of carbonyl (C=O) groups is 1. The van der Waals surface area contributed by atoms with E-state index < -0.39 is 18.1 Å². The molecule has 0 aliphatic rings. The van der Waals surface area contributed by atoms with Gasteiger partial charge in [-0.15, -0.1) is 11.3 Å². The third-order valence-electron chi connectivity index (χ3n) is 4.90. The zero-order chi connectivity index (χ0) is 22.0. The first-order chi connectivity index (χ1) is 14.8. The third kappa shape index (κ3) is 4.61. The van der Waals surface area contributed by atoms with Crippen LogP contribution in [-0.4, -0.2) is 32.7 Å². The molecule has 1 amide bonds. The van der Waals surface area contributed by atoms with Crippen LogP contribution < -0.4 is 5.32 Å². The Labute approximate surface area is 180 Å². The molecular weight excluding hydrogens is 425 g/mol. The van der Waals surface area contributed by atoms with E-state index in [1.165, 1.54) is 6.92 Å². The van der Waals surface area contributed by atoms with Crippen molar-refractivity contribution >= 4 is 22.9 Å². The number of benzene rings is 1. The summed E-state index contributed by atoms with van der Waals surface area (Å²) in [6.07, 6.45) is 1.34. The van der Waals surface area contributed by atoms with Crippen LogP contribution in [0.4, 0.5) is 13.2 Å². The number of halogens is 3. The number of fused-ring (bicyclic) bond motifs is 1. The number of hydrogen-bond acceptors (Lipinski definition) is 4. The summed E-state index contributed by atoms with van der Waals surface area (Å²) in [6.45, 7) is 1.38. The molecule has 0 saturated carbocycles. The average Bonchev–Trinajstić information content (AvgIpc) is 3.38. The molecule has 160 valence electrons. The Kier molecular flexibility index (Phi) is 5.77. The number of rotatable bonds is 6. The quantitative estimate of drug-likeness (QED) is 0.449. The highest BCUT2D eigenvalue weighted by Crippen LogP contribution is 2.29. The van der Waals surface area contributed by atoms with E-state index in [1.807, 2.05) is 36.5 Å². The minimum Gasteiger partial charge on any atom is -0.340 e. The smallest absolute Gasteiger partial charge is 0.340 e. The summed E-state index contributed by atoms with van der Waals surface area (Å²) >= 11 is 1.09. The zero-order valence-corrected chi connectivity index (χ0v) is 17.4. The van der Waals surface area contributed by atoms with Crippen molar-refractivity contribution in [1.82, 2.24) is 19.9 Å². The van der Waals surface area contributed by atoms with Crippen LogP contribution in [0.5, 0.6) is 0 Å². The molecule has 31 heavy (non-hydrogen) atoms. The van der Waals surface area contributed by atoms with Crippen molar-refractivity contribution in [3.63, 3.8) is 0 Å². The molecule has 0 aliphatic carbocycles. The van der Waals surface area contributed by atoms with E-state index in [-0.39, 0.29) is 11.3 Å². The number of hydrogen-bond donors (Lipinski definition) is 1. The van der Waals surface area contributed by atoms with E-state index in [1.54, 1.807) is 28.4 Å². The van der Waals surface area contributed by atoms with Crippen LogP contribution in [0.2, 0.25) is 0 Å². The SMILES string of the molecule is CC[C@H](NC(=O)c1cc(-c2cnn3cc(Cc4ccccc4)cnc23)cs1)C(F)(F)F. The molecule has 0 aliphatic heterocycles. The van der Waals surface area contributed by atoms with Gasteiger partial charge < -0.3 is 5.32 Å². The van der Waals surface area contributed by atoms with Gasteiger partial charge in [0, 0.05) is 24.4 Å². The third-order valence-corrected chi connectivity index (χ3v) is 5.83. The Balaban J connectivity index is 1.54. The maximum absolute atomic E-state index is 12.9. The summed E-state index contributed by atoms with van der Waals surface area (Å²) in [4.78, 5) is 17.0. The number of nitrogens with zero attached hydrogens (tertiary/aromatic N) is 3. The molecule has 1 N–H and O–H groups in total. The van der Waals surface area contributed by atoms with E-state index in [9.17, 15) is 18.0 Å². The number of thiophene rings is 1. The van der Waals surface area contributed by atoms with Gasteiger partial charge in [-0.3, -0.25) is 4.79 Å². The van der Waals surface area contributed by atoms with E-state index in [0.717, 1.165) is 28.9 Å². The fraction of sp³-hybridized carbons (Fsp3) is 0.227. The minimum absolute atomic E-state index is 0.206. The predicted molar refractivity (Wildman–Crippen MR) is 113 cm³/mol. The largest absolute Gasteiger partial charge is 0.408 e. The van der Waals surface area contributed by atoms with Crippen molar-refractivity contribution in [2.24, 2.45) is 0 Å². The van der Waals surface area contributed by atoms with Gasteiger partial charge in [-0.05, 0) is 34.6 Å². The van der Waals surface area contributed by atoms with Crippen molar-refractivity contribution in [3.8, 4) is 11.1 Å². The van der Waals surface area contributed by atoms with Gasteiger partial charge in [0.05, 0.1) is 11.1 Å². The molecule has 0 radical (unpaired) electrons. The summed E-state index contributed by atoms with van der Waals surface area (Å²) in [7, 11) is 0. The number of carbonyl (C=O) groups excluding carboxylic acids is 1. The van der Waals surface area contributed by atoms with Gasteiger partial charge in [0.15, 0.2) is 5.65 Å². The number of alkyl halides is 3. The normalized spacial score (nSPS) is 12.8. The maximum Gasteiger partial charge on any atom is 0.408 e. The second-order valence-electron chi connectivity index (χ2n) is 7.13. The van der Waals surface area contributed by atoms with E-state index in [0.29, 0.717) is 16.8 Å². The van der Waals surface area contributed by atoms with Crippen molar-refractivity contribution in [3.05, 3.63) is 76.4 Å². The molecule has 3 aromatic heterocycles. The summed E-state index contributed by atoms with van der Waals surface area (Å²) in [5, 5.41) is 8.14. The lowest BCUT2D eigenvalue weighted by Crippen LogP contribution is -2.44. The summed E-state index contributed by atoms with van der Waals surface area (Å²) in [6, 6.07) is 9.71. The number of amides is 1. The molecule has 9 heteroatoms. The molecular formula is C22H19F3N4OS. The van der Waals surface area contributed by atoms with Crippen LogP contribution in [0, 0.1) is 0 Å². The summed E-state index contributed by atoms with van der Waals surface area (Å²) < 4.78 is 40.5. The summed E-state index contributed by atoms with van der Waals surface area (Å²) in [5.41, 5.74) is 4.17. The molecule has 5 nitrogen and oxygen atoms in total. The molecule has 4 rings (SSSR count). The van der Waals surface area contributed by atoms with Crippen LogP contribution >= 0.6 is 11.3 Å². The molecule has 0 fully saturated rings. The lowest BCUT2D eigenvalue weighted by Gasteiger charge is -2.19. The monoisotopic (exact) mass is 444 g/mol. The molecule has 0 saturated heterocycles. The lowest BCUT2D eigenvalue weighted by atomic mass is 10.1. The Morgan fingerprint density at radius 2 is 1.97 bits per heavy atom. The predicted octanol–water partition coefficient (Wildman–Crippen LogP) is 5.12.